The lowest BCUT2D eigenvalue weighted by Crippen LogP contribution is -2.43. The molecule has 6 nitrogen and oxygen atoms in total. The highest BCUT2D eigenvalue weighted by Gasteiger charge is 2.44. The molecule has 0 radical (unpaired) electrons. The molecule has 1 saturated heterocycles. The van der Waals surface area contributed by atoms with Gasteiger partial charge < -0.3 is 9.88 Å². The molecule has 32 heavy (non-hydrogen) atoms. The third-order valence-corrected chi connectivity index (χ3v) is 6.74. The lowest BCUT2D eigenvalue weighted by molar-refractivity contribution is 0.0606. The number of H-pyrrole nitrogens is 1. The number of hydrogen-bond acceptors (Lipinski definition) is 4. The van der Waals surface area contributed by atoms with Crippen LogP contribution in [0.5, 0.6) is 0 Å². The van der Waals surface area contributed by atoms with Gasteiger partial charge in [-0.1, -0.05) is 17.7 Å². The van der Waals surface area contributed by atoms with Crippen LogP contribution in [0.25, 0.3) is 22.4 Å². The van der Waals surface area contributed by atoms with Gasteiger partial charge in [-0.25, -0.2) is 19.3 Å². The summed E-state index contributed by atoms with van der Waals surface area (Å²) >= 11 is 3.23. The summed E-state index contributed by atoms with van der Waals surface area (Å²) in [7, 11) is 0. The van der Waals surface area contributed by atoms with Crippen LogP contribution in [0.2, 0.25) is 0 Å². The number of fused-ring (bicyclic) bond motifs is 1. The second-order valence-electron chi connectivity index (χ2n) is 8.32. The fraction of sp³-hybridized carbons (Fsp3) is 0.250. The fourth-order valence-electron chi connectivity index (χ4n) is 4.41. The Kier molecular flexibility index (Phi) is 5.04. The summed E-state index contributed by atoms with van der Waals surface area (Å²) in [6.45, 7) is 4.57. The van der Waals surface area contributed by atoms with E-state index in [1.165, 1.54) is 6.07 Å². The minimum absolute atomic E-state index is 0.0935. The molecule has 1 amide bonds. The van der Waals surface area contributed by atoms with Gasteiger partial charge in [-0.15, -0.1) is 0 Å². The molecule has 0 bridgehead atoms. The first-order chi connectivity index (χ1) is 15.4. The van der Waals surface area contributed by atoms with Crippen molar-refractivity contribution in [2.24, 2.45) is 0 Å². The lowest BCUT2D eigenvalue weighted by Gasteiger charge is -2.34. The molecule has 0 aliphatic carbocycles. The van der Waals surface area contributed by atoms with Crippen molar-refractivity contribution in [1.29, 1.82) is 0 Å². The largest absolute Gasteiger partial charge is 0.340 e. The van der Waals surface area contributed by atoms with Crippen LogP contribution in [0.4, 0.5) is 4.39 Å². The highest BCUT2D eigenvalue weighted by molar-refractivity contribution is 9.10. The van der Waals surface area contributed by atoms with Crippen LogP contribution in [0.1, 0.15) is 41.5 Å². The summed E-state index contributed by atoms with van der Waals surface area (Å²) in [5.41, 5.74) is 2.87. The Balaban J connectivity index is 1.58. The number of nitrogens with one attached hydrogen (secondary N) is 1. The van der Waals surface area contributed by atoms with Gasteiger partial charge in [-0.3, -0.25) is 4.79 Å². The summed E-state index contributed by atoms with van der Waals surface area (Å²) in [6.07, 6.45) is 4.94. The lowest BCUT2D eigenvalue weighted by atomic mass is 9.95. The summed E-state index contributed by atoms with van der Waals surface area (Å²) in [5.74, 6) is 0.707. The zero-order chi connectivity index (χ0) is 22.5. The molecular weight excluding hydrogens is 473 g/mol. The minimum Gasteiger partial charge on any atom is -0.340 e. The first-order valence-electron chi connectivity index (χ1n) is 10.4. The molecule has 4 aromatic rings. The molecule has 8 heteroatoms. The van der Waals surface area contributed by atoms with E-state index in [0.29, 0.717) is 39.3 Å². The highest BCUT2D eigenvalue weighted by Crippen LogP contribution is 2.40. The van der Waals surface area contributed by atoms with Crippen LogP contribution < -0.4 is 0 Å². The van der Waals surface area contributed by atoms with E-state index in [2.05, 4.69) is 35.9 Å². The maximum atomic E-state index is 14.0. The Hall–Kier alpha value is -3.13. The van der Waals surface area contributed by atoms with E-state index in [1.54, 1.807) is 24.5 Å². The summed E-state index contributed by atoms with van der Waals surface area (Å²) in [5, 5.41) is 0. The van der Waals surface area contributed by atoms with Crippen molar-refractivity contribution in [1.82, 2.24) is 24.8 Å². The van der Waals surface area contributed by atoms with E-state index in [1.807, 2.05) is 36.9 Å². The number of aryl methyl sites for hydroxylation is 1. The predicted molar refractivity (Wildman–Crippen MR) is 124 cm³/mol. The number of benzene rings is 2. The molecule has 0 spiro atoms. The Labute approximate surface area is 193 Å². The SMILES string of the molecule is Cc1ccc(-c2ncccn2)c(C(=O)N2CCCC2(C)c2nc3cc(F)c(Br)cc3[nH]2)c1. The molecule has 5 rings (SSSR count). The van der Waals surface area contributed by atoms with Crippen LogP contribution in [0.15, 0.2) is 53.3 Å². The van der Waals surface area contributed by atoms with Gasteiger partial charge >= 0.3 is 0 Å². The molecule has 2 aromatic carbocycles. The Morgan fingerprint density at radius 3 is 2.78 bits per heavy atom. The molecule has 162 valence electrons. The monoisotopic (exact) mass is 493 g/mol. The van der Waals surface area contributed by atoms with Crippen LogP contribution in [0, 0.1) is 12.7 Å². The molecular formula is C24H21BrFN5O. The molecule has 0 saturated carbocycles. The van der Waals surface area contributed by atoms with Crippen molar-refractivity contribution in [3.8, 4) is 11.4 Å². The number of amides is 1. The van der Waals surface area contributed by atoms with Crippen molar-refractivity contribution >= 4 is 32.9 Å². The van der Waals surface area contributed by atoms with Crippen molar-refractivity contribution in [2.45, 2.75) is 32.2 Å². The average molecular weight is 494 g/mol. The molecule has 1 atom stereocenters. The van der Waals surface area contributed by atoms with E-state index >= 15 is 0 Å². The van der Waals surface area contributed by atoms with Crippen molar-refractivity contribution in [3.63, 3.8) is 0 Å². The van der Waals surface area contributed by atoms with Gasteiger partial charge in [0.1, 0.15) is 11.6 Å². The molecule has 3 heterocycles. The zero-order valence-electron chi connectivity index (χ0n) is 17.7. The van der Waals surface area contributed by atoms with E-state index < -0.39 is 5.54 Å². The average Bonchev–Trinajstić information content (AvgIpc) is 3.38. The number of likely N-dealkylation sites (tertiary alicyclic amines) is 1. The number of rotatable bonds is 3. The summed E-state index contributed by atoms with van der Waals surface area (Å²) in [6, 6.07) is 10.6. The maximum absolute atomic E-state index is 14.0. The molecule has 1 aliphatic heterocycles. The minimum atomic E-state index is -0.641. The first kappa shape index (κ1) is 20.8. The summed E-state index contributed by atoms with van der Waals surface area (Å²) < 4.78 is 14.4. The highest BCUT2D eigenvalue weighted by atomic mass is 79.9. The van der Waals surface area contributed by atoms with Crippen molar-refractivity contribution < 1.29 is 9.18 Å². The van der Waals surface area contributed by atoms with Gasteiger partial charge in [0.05, 0.1) is 26.6 Å². The number of nitrogens with zero attached hydrogens (tertiary/aromatic N) is 4. The topological polar surface area (TPSA) is 74.8 Å². The Bertz CT molecular complexity index is 1300. The van der Waals surface area contributed by atoms with Crippen LogP contribution in [0.3, 0.4) is 0 Å². The van der Waals surface area contributed by atoms with Gasteiger partial charge in [0.15, 0.2) is 5.82 Å². The van der Waals surface area contributed by atoms with E-state index in [0.717, 1.165) is 23.9 Å². The van der Waals surface area contributed by atoms with Crippen LogP contribution in [-0.2, 0) is 5.54 Å². The van der Waals surface area contributed by atoms with Gasteiger partial charge in [0.2, 0.25) is 0 Å². The number of carbonyl (C=O) groups excluding carboxylic acids is 1. The second-order valence-corrected chi connectivity index (χ2v) is 9.18. The third kappa shape index (κ3) is 3.39. The smallest absolute Gasteiger partial charge is 0.255 e. The normalized spacial score (nSPS) is 18.4. The molecule has 1 aliphatic rings. The number of carbonyl (C=O) groups is 1. The Morgan fingerprint density at radius 1 is 1.22 bits per heavy atom. The number of aromatic amines is 1. The molecule has 1 fully saturated rings. The van der Waals surface area contributed by atoms with Gasteiger partial charge in [0.25, 0.3) is 5.91 Å². The summed E-state index contributed by atoms with van der Waals surface area (Å²) in [4.78, 5) is 32.4. The number of imidazole rings is 1. The van der Waals surface area contributed by atoms with Crippen LogP contribution in [-0.4, -0.2) is 37.3 Å². The quantitative estimate of drug-likeness (QED) is 0.415. The Morgan fingerprint density at radius 2 is 2.00 bits per heavy atom. The predicted octanol–water partition coefficient (Wildman–Crippen LogP) is 5.38. The van der Waals surface area contributed by atoms with Gasteiger partial charge in [-0.05, 0) is 60.8 Å². The molecule has 1 N–H and O–H groups in total. The number of halogens is 2. The molecule has 1 unspecified atom stereocenters. The number of hydrogen-bond donors (Lipinski definition) is 1. The fourth-order valence-corrected chi connectivity index (χ4v) is 4.75. The standard InChI is InChI=1S/C24H21BrFN5O/c1-14-5-6-15(21-27-8-4-9-28-21)16(11-14)22(32)31-10-3-7-24(31,2)23-29-19-12-17(25)18(26)13-20(19)30-23/h4-6,8-9,11-13H,3,7,10H2,1-2H3,(H,29,30). The molecule has 2 aromatic heterocycles. The van der Waals surface area contributed by atoms with Gasteiger partial charge in [0, 0.05) is 30.6 Å². The first-order valence-corrected chi connectivity index (χ1v) is 11.2. The van der Waals surface area contributed by atoms with Gasteiger partial charge in [-0.2, -0.15) is 0 Å². The van der Waals surface area contributed by atoms with Crippen molar-refractivity contribution in [2.75, 3.05) is 6.54 Å². The van der Waals surface area contributed by atoms with Crippen molar-refractivity contribution in [3.05, 3.63) is 76.0 Å². The maximum Gasteiger partial charge on any atom is 0.255 e. The van der Waals surface area contributed by atoms with E-state index in [9.17, 15) is 9.18 Å². The number of aromatic nitrogens is 4. The zero-order valence-corrected chi connectivity index (χ0v) is 19.3. The van der Waals surface area contributed by atoms with E-state index in [4.69, 9.17) is 0 Å². The third-order valence-electron chi connectivity index (χ3n) is 6.13. The van der Waals surface area contributed by atoms with Crippen LogP contribution >= 0.6 is 15.9 Å². The van der Waals surface area contributed by atoms with E-state index in [-0.39, 0.29) is 11.7 Å². The second kappa shape index (κ2) is 7.78.